The van der Waals surface area contributed by atoms with Crippen LogP contribution >= 0.6 is 11.8 Å². The average molecular weight is 468 g/mol. The number of hydrogen-bond donors (Lipinski definition) is 3. The number of likely N-dealkylation sites (tertiary alicyclic amines) is 1. The molecule has 4 aliphatic rings. The van der Waals surface area contributed by atoms with Crippen LogP contribution in [0.5, 0.6) is 0 Å². The lowest BCUT2D eigenvalue weighted by molar-refractivity contribution is -0.893. The number of amides is 2. The minimum absolute atomic E-state index is 0.0505. The molecule has 32 heavy (non-hydrogen) atoms. The summed E-state index contributed by atoms with van der Waals surface area (Å²) < 4.78 is 0.841. The average Bonchev–Trinajstić information content (AvgIpc) is 3.40. The summed E-state index contributed by atoms with van der Waals surface area (Å²) in [4.78, 5) is 41.6. The number of carboxylic acids is 1. The number of aliphatic hydroxyl groups is 1. The summed E-state index contributed by atoms with van der Waals surface area (Å²) in [6.07, 6.45) is 0.829. The van der Waals surface area contributed by atoms with Crippen molar-refractivity contribution in [2.75, 3.05) is 40.8 Å². The first-order chi connectivity index (χ1) is 14.9. The molecule has 0 spiro atoms. The van der Waals surface area contributed by atoms with Crippen molar-refractivity contribution < 1.29 is 29.1 Å². The van der Waals surface area contributed by atoms with E-state index in [1.54, 1.807) is 6.92 Å². The molecule has 4 rings (SSSR count). The van der Waals surface area contributed by atoms with Crippen LogP contribution in [0.25, 0.3) is 0 Å². The van der Waals surface area contributed by atoms with Crippen LogP contribution in [-0.4, -0.2) is 113 Å². The molecule has 6 unspecified atom stereocenters. The summed E-state index contributed by atoms with van der Waals surface area (Å²) in [7, 11) is 6.48. The van der Waals surface area contributed by atoms with E-state index in [2.05, 4.69) is 26.5 Å². The van der Waals surface area contributed by atoms with Gasteiger partial charge in [0.2, 0.25) is 11.8 Å². The summed E-state index contributed by atoms with van der Waals surface area (Å²) in [6.45, 7) is 5.67. The largest absolute Gasteiger partial charge is 0.477 e. The van der Waals surface area contributed by atoms with Gasteiger partial charge in [0.05, 0.1) is 51.8 Å². The van der Waals surface area contributed by atoms with Crippen LogP contribution in [0, 0.1) is 11.8 Å². The van der Waals surface area contributed by atoms with Crippen LogP contribution in [0.4, 0.5) is 0 Å². The van der Waals surface area contributed by atoms with Gasteiger partial charge in [-0.05, 0) is 13.3 Å². The normalized spacial score (nSPS) is 35.9. The van der Waals surface area contributed by atoms with Crippen LogP contribution in [0.3, 0.4) is 0 Å². The Labute approximate surface area is 193 Å². The monoisotopic (exact) mass is 467 g/mol. The minimum Gasteiger partial charge on any atom is -0.477 e. The molecule has 178 valence electrons. The van der Waals surface area contributed by atoms with Gasteiger partial charge in [0, 0.05) is 35.6 Å². The van der Waals surface area contributed by atoms with Crippen LogP contribution in [0.2, 0.25) is 0 Å². The zero-order valence-corrected chi connectivity index (χ0v) is 20.3. The van der Waals surface area contributed by atoms with Gasteiger partial charge in [0.25, 0.3) is 0 Å². The van der Waals surface area contributed by atoms with Gasteiger partial charge < -0.3 is 29.8 Å². The van der Waals surface area contributed by atoms with Crippen LogP contribution in [-0.2, 0) is 14.4 Å². The highest BCUT2D eigenvalue weighted by atomic mass is 32.2. The third-order valence-corrected chi connectivity index (χ3v) is 9.08. The predicted molar refractivity (Wildman–Crippen MR) is 120 cm³/mol. The topological polar surface area (TPSA) is 110 Å². The Hall–Kier alpha value is -1.62. The predicted octanol–water partition coefficient (Wildman–Crippen LogP) is -0.0891. The van der Waals surface area contributed by atoms with Crippen LogP contribution < -0.4 is 5.32 Å². The summed E-state index contributed by atoms with van der Waals surface area (Å²) in [6, 6.07) is -0.120. The molecule has 0 saturated carbocycles. The fraction of sp³-hybridized carbons (Fsp3) is 0.773. The molecule has 0 aromatic heterocycles. The summed E-state index contributed by atoms with van der Waals surface area (Å²) in [5.74, 6) is -2.01. The Bertz CT molecular complexity index is 854. The van der Waals surface area contributed by atoms with E-state index in [0.29, 0.717) is 23.9 Å². The van der Waals surface area contributed by atoms with Crippen LogP contribution in [0.15, 0.2) is 10.6 Å². The van der Waals surface area contributed by atoms with Gasteiger partial charge in [-0.15, -0.1) is 11.8 Å². The van der Waals surface area contributed by atoms with Crippen molar-refractivity contribution >= 4 is 29.5 Å². The van der Waals surface area contributed by atoms with E-state index in [1.165, 1.54) is 16.7 Å². The van der Waals surface area contributed by atoms with Crippen molar-refractivity contribution in [1.82, 2.24) is 15.1 Å². The van der Waals surface area contributed by atoms with E-state index in [-0.39, 0.29) is 40.8 Å². The second-order valence-electron chi connectivity index (χ2n) is 10.6. The second-order valence-corrected chi connectivity index (χ2v) is 11.9. The molecule has 3 fully saturated rings. The minimum atomic E-state index is -1.11. The van der Waals surface area contributed by atoms with Gasteiger partial charge in [0.15, 0.2) is 0 Å². The van der Waals surface area contributed by atoms with E-state index in [4.69, 9.17) is 0 Å². The Kier molecular flexibility index (Phi) is 6.11. The van der Waals surface area contributed by atoms with Crippen molar-refractivity contribution in [2.45, 2.75) is 56.2 Å². The van der Waals surface area contributed by atoms with E-state index in [0.717, 1.165) is 24.0 Å². The van der Waals surface area contributed by atoms with E-state index in [1.807, 2.05) is 11.8 Å². The lowest BCUT2D eigenvalue weighted by atomic mass is 9.79. The van der Waals surface area contributed by atoms with E-state index >= 15 is 0 Å². The van der Waals surface area contributed by atoms with E-state index in [9.17, 15) is 24.6 Å². The summed E-state index contributed by atoms with van der Waals surface area (Å²) in [5, 5.41) is 23.2. The summed E-state index contributed by atoms with van der Waals surface area (Å²) >= 11 is 1.48. The zero-order valence-electron chi connectivity index (χ0n) is 19.4. The molecule has 0 aromatic carbocycles. The van der Waals surface area contributed by atoms with Crippen molar-refractivity contribution in [2.24, 2.45) is 11.8 Å². The van der Waals surface area contributed by atoms with Gasteiger partial charge in [0.1, 0.15) is 11.7 Å². The first kappa shape index (κ1) is 23.5. The molecule has 10 heteroatoms. The number of likely N-dealkylation sites (N-methyl/N-ethyl adjacent to an activating group) is 1. The highest BCUT2D eigenvalue weighted by Crippen LogP contribution is 2.51. The number of carbonyl (C=O) groups is 3. The van der Waals surface area contributed by atoms with Gasteiger partial charge in [-0.3, -0.25) is 9.59 Å². The number of fused-ring (bicyclic) bond motifs is 1. The molecule has 0 aromatic rings. The quantitative estimate of drug-likeness (QED) is 0.370. The summed E-state index contributed by atoms with van der Waals surface area (Å²) in [5.41, 5.74) is 0.0505. The lowest BCUT2D eigenvalue weighted by Gasteiger charge is -2.46. The third-order valence-electron chi connectivity index (χ3n) is 7.56. The Morgan fingerprint density at radius 1 is 1.28 bits per heavy atom. The molecule has 4 heterocycles. The lowest BCUT2D eigenvalue weighted by Crippen LogP contribution is -2.63. The zero-order chi connectivity index (χ0) is 23.5. The fourth-order valence-electron chi connectivity index (χ4n) is 5.63. The number of carboxylic acid groups (broad SMARTS) is 1. The molecule has 2 amide bonds. The molecule has 0 bridgehead atoms. The van der Waals surface area contributed by atoms with Crippen molar-refractivity contribution in [3.8, 4) is 0 Å². The first-order valence-corrected chi connectivity index (χ1v) is 12.3. The smallest absolute Gasteiger partial charge is 0.353 e. The molecule has 7 atom stereocenters. The van der Waals surface area contributed by atoms with Gasteiger partial charge >= 0.3 is 5.97 Å². The molecular weight excluding hydrogens is 432 g/mol. The van der Waals surface area contributed by atoms with Crippen molar-refractivity contribution in [1.29, 1.82) is 0 Å². The van der Waals surface area contributed by atoms with Crippen molar-refractivity contribution in [3.05, 3.63) is 10.6 Å². The molecule has 3 saturated heterocycles. The maximum Gasteiger partial charge on any atom is 0.353 e. The molecule has 3 N–H and O–H groups in total. The Balaban J connectivity index is 1.42. The maximum atomic E-state index is 13.1. The number of aliphatic hydroxyl groups excluding tert-OH is 1. The number of aliphatic carboxylic acids is 1. The van der Waals surface area contributed by atoms with Crippen LogP contribution in [0.1, 0.15) is 26.7 Å². The molecule has 0 radical (unpaired) electrons. The molecule has 0 aliphatic carbocycles. The Morgan fingerprint density at radius 3 is 2.53 bits per heavy atom. The fourth-order valence-corrected chi connectivity index (χ4v) is 7.11. The third kappa shape index (κ3) is 3.85. The molecule has 4 aliphatic heterocycles. The molecule has 9 nitrogen and oxygen atoms in total. The highest BCUT2D eigenvalue weighted by Gasteiger charge is 2.60. The number of hydrogen-bond acceptors (Lipinski definition) is 6. The number of thioether (sulfide) groups is 1. The number of nitrogens with zero attached hydrogens (tertiary/aromatic N) is 3. The number of rotatable bonds is 6. The highest BCUT2D eigenvalue weighted by molar-refractivity contribution is 8.03. The van der Waals surface area contributed by atoms with Gasteiger partial charge in [-0.1, -0.05) is 6.92 Å². The van der Waals surface area contributed by atoms with Crippen molar-refractivity contribution in [3.63, 3.8) is 0 Å². The second kappa shape index (κ2) is 8.30. The van der Waals surface area contributed by atoms with Gasteiger partial charge in [-0.25, -0.2) is 4.79 Å². The maximum absolute atomic E-state index is 13.1. The van der Waals surface area contributed by atoms with Gasteiger partial charge in [-0.2, -0.15) is 0 Å². The first-order valence-electron chi connectivity index (χ1n) is 11.4. The number of carbonyl (C=O) groups excluding carboxylic acids is 2. The number of β-lactam (4-membered cyclic amide) rings is 1. The molecular formula is C22H35N4O5S+. The number of nitrogens with one attached hydrogen (secondary N) is 1. The Morgan fingerprint density at radius 2 is 1.97 bits per heavy atom. The SMILES string of the molecule is CC(O)C1C(=O)N2C(C(=O)O)=C(SC3CNC(C(=O)N4CCC([N+](C)(C)C)C4)C3)C(C)[C@@H]12. The standard InChI is InChI=1S/C22H34N4O5S/c1-11-17-16(12(2)27)21(29)25(17)18(22(30)31)19(11)32-14-8-15(23-9-14)20(28)24-7-6-13(10-24)26(3,4)5/h11-17,23,27H,6-10H2,1-5H3/p+1/t11?,12?,13?,14?,15?,16?,17-/m0/s1. The van der Waals surface area contributed by atoms with E-state index < -0.39 is 18.0 Å². The number of quaternary nitrogens is 1.